The number of nitrogens with zero attached hydrogens (tertiary/aromatic N) is 3. The minimum atomic E-state index is 0.364. The van der Waals surface area contributed by atoms with Crippen LogP contribution in [0.3, 0.4) is 0 Å². The number of hydrogen-bond acceptors (Lipinski definition) is 4. The van der Waals surface area contributed by atoms with Crippen LogP contribution in [0.1, 0.15) is 38.5 Å². The lowest BCUT2D eigenvalue weighted by Crippen LogP contribution is -2.40. The van der Waals surface area contributed by atoms with Crippen molar-refractivity contribution in [1.29, 1.82) is 0 Å². The summed E-state index contributed by atoms with van der Waals surface area (Å²) in [4.78, 5) is 13.7. The minimum absolute atomic E-state index is 0.364. The normalized spacial score (nSPS) is 23.5. The van der Waals surface area contributed by atoms with Gasteiger partial charge in [-0.05, 0) is 49.8 Å². The molecule has 0 aliphatic carbocycles. The minimum Gasteiger partial charge on any atom is -0.353 e. The molecule has 3 nitrogen and oxygen atoms in total. The van der Waals surface area contributed by atoms with E-state index in [4.69, 9.17) is 11.6 Å². The summed E-state index contributed by atoms with van der Waals surface area (Å²) in [5.74, 6) is 1.82. The number of hydrogen-bond donors (Lipinski definition) is 0. The second-order valence-corrected chi connectivity index (χ2v) is 7.23. The van der Waals surface area contributed by atoms with Crippen LogP contribution in [-0.2, 0) is 6.42 Å². The molecule has 0 spiro atoms. The Morgan fingerprint density at radius 3 is 2.90 bits per heavy atom. The van der Waals surface area contributed by atoms with Crippen molar-refractivity contribution < 1.29 is 0 Å². The second kappa shape index (κ2) is 5.49. The molecule has 5 heteroatoms. The summed E-state index contributed by atoms with van der Waals surface area (Å²) in [5, 5.41) is 1.53. The summed E-state index contributed by atoms with van der Waals surface area (Å²) < 4.78 is 0. The molecule has 0 saturated carbocycles. The van der Waals surface area contributed by atoms with Crippen LogP contribution in [0.4, 0.5) is 5.82 Å². The molecule has 1 aliphatic heterocycles. The highest BCUT2D eigenvalue weighted by Gasteiger charge is 2.26. The zero-order valence-corrected chi connectivity index (χ0v) is 13.8. The van der Waals surface area contributed by atoms with E-state index in [0.29, 0.717) is 11.3 Å². The van der Waals surface area contributed by atoms with Crippen LogP contribution >= 0.6 is 22.9 Å². The molecule has 3 heterocycles. The molecule has 108 valence electrons. The number of anilines is 1. The molecule has 1 saturated heterocycles. The average Bonchev–Trinajstić information content (AvgIpc) is 2.81. The van der Waals surface area contributed by atoms with Gasteiger partial charge in [0.25, 0.3) is 0 Å². The van der Waals surface area contributed by atoms with Crippen LogP contribution in [0.15, 0.2) is 6.07 Å². The number of piperidine rings is 1. The Kier molecular flexibility index (Phi) is 3.87. The van der Waals surface area contributed by atoms with Crippen LogP contribution in [0.5, 0.6) is 0 Å². The van der Waals surface area contributed by atoms with Crippen molar-refractivity contribution in [3.63, 3.8) is 0 Å². The first-order chi connectivity index (χ1) is 9.58. The van der Waals surface area contributed by atoms with Crippen molar-refractivity contribution in [1.82, 2.24) is 9.97 Å². The number of aryl methyl sites for hydroxylation is 1. The standard InChI is InChI=1S/C15H20ClN3S/c1-4-11-8-12-13(17-15(16)18-14(12)20-11)19-6-5-9(2)7-10(19)3/h8-10H,4-7H2,1-3H3. The number of fused-ring (bicyclic) bond motifs is 1. The third-order valence-corrected chi connectivity index (χ3v) is 5.50. The van der Waals surface area contributed by atoms with E-state index in [1.54, 1.807) is 11.3 Å². The molecule has 0 radical (unpaired) electrons. The molecule has 0 amide bonds. The van der Waals surface area contributed by atoms with Crippen LogP contribution in [0.2, 0.25) is 5.28 Å². The predicted octanol–water partition coefficient (Wildman–Crippen LogP) is 4.53. The molecule has 0 N–H and O–H groups in total. The van der Waals surface area contributed by atoms with E-state index >= 15 is 0 Å². The van der Waals surface area contributed by atoms with Gasteiger partial charge in [-0.15, -0.1) is 11.3 Å². The molecular formula is C15H20ClN3S. The van der Waals surface area contributed by atoms with Crippen molar-refractivity contribution in [3.8, 4) is 0 Å². The van der Waals surface area contributed by atoms with Gasteiger partial charge in [-0.25, -0.2) is 4.98 Å². The Hall–Kier alpha value is -0.870. The number of aromatic nitrogens is 2. The molecule has 2 unspecified atom stereocenters. The van der Waals surface area contributed by atoms with E-state index in [-0.39, 0.29) is 0 Å². The van der Waals surface area contributed by atoms with Crippen molar-refractivity contribution in [2.75, 3.05) is 11.4 Å². The Morgan fingerprint density at radius 1 is 1.40 bits per heavy atom. The fourth-order valence-electron chi connectivity index (χ4n) is 3.05. The van der Waals surface area contributed by atoms with Crippen LogP contribution in [-0.4, -0.2) is 22.6 Å². The van der Waals surface area contributed by atoms with Gasteiger partial charge in [-0.1, -0.05) is 13.8 Å². The molecule has 1 fully saturated rings. The van der Waals surface area contributed by atoms with Crippen molar-refractivity contribution in [2.45, 2.75) is 46.1 Å². The van der Waals surface area contributed by atoms with Gasteiger partial charge in [0.05, 0.1) is 5.39 Å². The Labute approximate surface area is 129 Å². The summed E-state index contributed by atoms with van der Waals surface area (Å²) in [6, 6.07) is 2.74. The Bertz CT molecular complexity index is 625. The summed E-state index contributed by atoms with van der Waals surface area (Å²) >= 11 is 7.86. The van der Waals surface area contributed by atoms with E-state index < -0.39 is 0 Å². The molecule has 0 bridgehead atoms. The van der Waals surface area contributed by atoms with Crippen molar-refractivity contribution >= 4 is 39.0 Å². The van der Waals surface area contributed by atoms with Gasteiger partial charge < -0.3 is 4.90 Å². The SMILES string of the molecule is CCc1cc2c(N3CCC(C)CC3C)nc(Cl)nc2s1. The zero-order chi connectivity index (χ0) is 14.3. The highest BCUT2D eigenvalue weighted by atomic mass is 35.5. The molecule has 20 heavy (non-hydrogen) atoms. The maximum Gasteiger partial charge on any atom is 0.225 e. The van der Waals surface area contributed by atoms with Crippen LogP contribution in [0, 0.1) is 5.92 Å². The van der Waals surface area contributed by atoms with Gasteiger partial charge in [0, 0.05) is 17.5 Å². The maximum absolute atomic E-state index is 6.13. The molecule has 0 aromatic carbocycles. The van der Waals surface area contributed by atoms with Crippen molar-refractivity contribution in [3.05, 3.63) is 16.2 Å². The lowest BCUT2D eigenvalue weighted by atomic mass is 9.93. The van der Waals surface area contributed by atoms with Gasteiger partial charge >= 0.3 is 0 Å². The van der Waals surface area contributed by atoms with E-state index in [1.807, 2.05) is 0 Å². The summed E-state index contributed by atoms with van der Waals surface area (Å²) in [5.41, 5.74) is 0. The van der Waals surface area contributed by atoms with Gasteiger partial charge in [-0.3, -0.25) is 0 Å². The molecule has 1 aliphatic rings. The number of halogens is 1. The zero-order valence-electron chi connectivity index (χ0n) is 12.2. The molecule has 2 atom stereocenters. The van der Waals surface area contributed by atoms with E-state index in [2.05, 4.69) is 41.7 Å². The smallest absolute Gasteiger partial charge is 0.225 e. The first-order valence-corrected chi connectivity index (χ1v) is 8.50. The maximum atomic E-state index is 6.13. The quantitative estimate of drug-likeness (QED) is 0.763. The van der Waals surface area contributed by atoms with Crippen LogP contribution < -0.4 is 4.90 Å². The molecule has 3 rings (SSSR count). The van der Waals surface area contributed by atoms with Crippen molar-refractivity contribution in [2.24, 2.45) is 5.92 Å². The third kappa shape index (κ3) is 2.51. The lowest BCUT2D eigenvalue weighted by Gasteiger charge is -2.37. The third-order valence-electron chi connectivity index (χ3n) is 4.16. The first-order valence-electron chi connectivity index (χ1n) is 7.31. The van der Waals surface area contributed by atoms with E-state index in [1.165, 1.54) is 17.7 Å². The Balaban J connectivity index is 2.07. The fraction of sp³-hybridized carbons (Fsp3) is 0.600. The summed E-state index contributed by atoms with van der Waals surface area (Å²) in [7, 11) is 0. The topological polar surface area (TPSA) is 29.0 Å². The molecule has 2 aromatic heterocycles. The van der Waals surface area contributed by atoms with E-state index in [0.717, 1.165) is 34.9 Å². The largest absolute Gasteiger partial charge is 0.353 e. The summed E-state index contributed by atoms with van der Waals surface area (Å²) in [6.45, 7) is 7.84. The van der Waals surface area contributed by atoms with Gasteiger partial charge in [0.2, 0.25) is 5.28 Å². The predicted molar refractivity (Wildman–Crippen MR) is 87.0 cm³/mol. The molecule has 2 aromatic rings. The summed E-state index contributed by atoms with van der Waals surface area (Å²) in [6.07, 6.45) is 3.47. The van der Waals surface area contributed by atoms with E-state index in [9.17, 15) is 0 Å². The molecular weight excluding hydrogens is 290 g/mol. The highest BCUT2D eigenvalue weighted by Crippen LogP contribution is 2.35. The second-order valence-electron chi connectivity index (χ2n) is 5.77. The highest BCUT2D eigenvalue weighted by molar-refractivity contribution is 7.18. The number of thiophene rings is 1. The number of rotatable bonds is 2. The van der Waals surface area contributed by atoms with Gasteiger partial charge in [0.1, 0.15) is 10.6 Å². The lowest BCUT2D eigenvalue weighted by molar-refractivity contribution is 0.376. The Morgan fingerprint density at radius 2 is 2.20 bits per heavy atom. The monoisotopic (exact) mass is 309 g/mol. The van der Waals surface area contributed by atoms with Gasteiger partial charge in [-0.2, -0.15) is 4.98 Å². The first kappa shape index (κ1) is 14.1. The van der Waals surface area contributed by atoms with Crippen LogP contribution in [0.25, 0.3) is 10.2 Å². The fourth-order valence-corrected chi connectivity index (χ4v) is 4.22. The van der Waals surface area contributed by atoms with Gasteiger partial charge in [0.15, 0.2) is 0 Å². The average molecular weight is 310 g/mol.